The van der Waals surface area contributed by atoms with Crippen molar-refractivity contribution in [1.29, 1.82) is 0 Å². The predicted molar refractivity (Wildman–Crippen MR) is 105 cm³/mol. The molecule has 3 rings (SSSR count). The van der Waals surface area contributed by atoms with Crippen molar-refractivity contribution in [3.8, 4) is 0 Å². The Hall–Kier alpha value is -1.56. The first-order chi connectivity index (χ1) is 12.2. The molecule has 2 aliphatic rings. The van der Waals surface area contributed by atoms with E-state index in [1.54, 1.807) is 6.07 Å². The Morgan fingerprint density at radius 3 is 2.46 bits per heavy atom. The van der Waals surface area contributed by atoms with Gasteiger partial charge in [-0.3, -0.25) is 9.10 Å². The lowest BCUT2D eigenvalue weighted by Gasteiger charge is -2.32. The van der Waals surface area contributed by atoms with E-state index in [2.05, 4.69) is 5.32 Å². The van der Waals surface area contributed by atoms with Crippen LogP contribution in [0, 0.1) is 25.7 Å². The first-order valence-corrected chi connectivity index (χ1v) is 11.4. The van der Waals surface area contributed by atoms with Crippen LogP contribution in [0.4, 0.5) is 5.69 Å². The van der Waals surface area contributed by atoms with Gasteiger partial charge >= 0.3 is 0 Å². The van der Waals surface area contributed by atoms with Gasteiger partial charge in [0.05, 0.1) is 11.9 Å². The van der Waals surface area contributed by atoms with Crippen molar-refractivity contribution in [3.63, 3.8) is 0 Å². The molecule has 26 heavy (non-hydrogen) atoms. The Labute approximate surface area is 157 Å². The third kappa shape index (κ3) is 3.75. The number of amides is 1. The van der Waals surface area contributed by atoms with Gasteiger partial charge in [0.1, 0.15) is 6.04 Å². The van der Waals surface area contributed by atoms with Crippen LogP contribution < -0.4 is 9.62 Å². The van der Waals surface area contributed by atoms with Crippen LogP contribution in [0.2, 0.25) is 0 Å². The molecular weight excluding hydrogens is 348 g/mol. The molecule has 4 atom stereocenters. The van der Waals surface area contributed by atoms with Gasteiger partial charge in [-0.25, -0.2) is 8.42 Å². The number of sulfonamides is 1. The van der Waals surface area contributed by atoms with Crippen LogP contribution in [0.25, 0.3) is 0 Å². The normalized spacial score (nSPS) is 25.9. The number of anilines is 1. The molecule has 5 nitrogen and oxygen atoms in total. The van der Waals surface area contributed by atoms with E-state index >= 15 is 0 Å². The number of nitrogens with one attached hydrogen (secondary N) is 1. The molecule has 1 aromatic carbocycles. The van der Waals surface area contributed by atoms with E-state index in [1.807, 2.05) is 32.9 Å². The number of carbonyl (C=O) groups is 1. The average Bonchev–Trinajstić information content (AvgIpc) is 3.16. The molecule has 2 bridgehead atoms. The summed E-state index contributed by atoms with van der Waals surface area (Å²) < 4.78 is 26.4. The highest BCUT2D eigenvalue weighted by Crippen LogP contribution is 2.44. The fourth-order valence-electron chi connectivity index (χ4n) is 4.62. The van der Waals surface area contributed by atoms with Gasteiger partial charge in [-0.2, -0.15) is 0 Å². The fourth-order valence-corrected chi connectivity index (χ4v) is 5.83. The minimum Gasteiger partial charge on any atom is -0.351 e. The number of carbonyl (C=O) groups excluding carboxylic acids is 1. The number of hydrogen-bond acceptors (Lipinski definition) is 3. The Morgan fingerprint density at radius 2 is 1.96 bits per heavy atom. The summed E-state index contributed by atoms with van der Waals surface area (Å²) in [5, 5.41) is 3.16. The SMILES string of the molecule is CC[C@H](C(=O)N[C@H]1C[C@H]2CC[C@H]1C2)N(c1ccc(C)c(C)c1)S(C)(=O)=O. The summed E-state index contributed by atoms with van der Waals surface area (Å²) in [6.07, 6.45) is 6.30. The molecule has 2 aliphatic carbocycles. The fraction of sp³-hybridized carbons (Fsp3) is 0.650. The molecule has 1 aromatic rings. The zero-order valence-electron chi connectivity index (χ0n) is 16.2. The quantitative estimate of drug-likeness (QED) is 0.827. The summed E-state index contributed by atoms with van der Waals surface area (Å²) in [6.45, 7) is 5.81. The molecule has 2 fully saturated rings. The first kappa shape index (κ1) is 19.2. The van der Waals surface area contributed by atoms with Crippen LogP contribution in [0.3, 0.4) is 0 Å². The van der Waals surface area contributed by atoms with Crippen LogP contribution in [0.1, 0.15) is 50.2 Å². The smallest absolute Gasteiger partial charge is 0.244 e. The van der Waals surface area contributed by atoms with Crippen LogP contribution >= 0.6 is 0 Å². The van der Waals surface area contributed by atoms with E-state index in [4.69, 9.17) is 0 Å². The summed E-state index contributed by atoms with van der Waals surface area (Å²) in [7, 11) is -3.58. The standard InChI is InChI=1S/C20H30N2O3S/c1-5-19(20(23)21-18-12-15-7-8-16(18)11-15)22(26(4,24)25)17-9-6-13(2)14(3)10-17/h6,9-10,15-16,18-19H,5,7-8,11-12H2,1-4H3,(H,21,23)/t15-,16-,18-,19+/m0/s1. The van der Waals surface area contributed by atoms with E-state index in [-0.39, 0.29) is 11.9 Å². The van der Waals surface area contributed by atoms with Crippen molar-refractivity contribution in [2.45, 2.75) is 65.0 Å². The van der Waals surface area contributed by atoms with Gasteiger partial charge in [-0.1, -0.05) is 19.4 Å². The molecule has 0 heterocycles. The molecule has 0 spiro atoms. The Bertz CT molecular complexity index is 790. The zero-order valence-corrected chi connectivity index (χ0v) is 17.0. The molecule has 0 aliphatic heterocycles. The van der Waals surface area contributed by atoms with Gasteiger partial charge in [-0.15, -0.1) is 0 Å². The molecule has 6 heteroatoms. The highest BCUT2D eigenvalue weighted by atomic mass is 32.2. The number of fused-ring (bicyclic) bond motifs is 2. The van der Waals surface area contributed by atoms with E-state index in [0.717, 1.165) is 23.5 Å². The van der Waals surface area contributed by atoms with Gasteiger partial charge in [0.2, 0.25) is 15.9 Å². The summed E-state index contributed by atoms with van der Waals surface area (Å²) in [5.41, 5.74) is 2.67. The third-order valence-corrected chi connectivity index (χ3v) is 7.32. The van der Waals surface area contributed by atoms with Gasteiger partial charge in [-0.05, 0) is 74.6 Å². The maximum atomic E-state index is 13.0. The minimum absolute atomic E-state index is 0.172. The van der Waals surface area contributed by atoms with Crippen molar-refractivity contribution < 1.29 is 13.2 Å². The number of nitrogens with zero attached hydrogens (tertiary/aromatic N) is 1. The van der Waals surface area contributed by atoms with Crippen molar-refractivity contribution in [3.05, 3.63) is 29.3 Å². The summed E-state index contributed by atoms with van der Waals surface area (Å²) in [6, 6.07) is 5.03. The molecular formula is C20H30N2O3S. The third-order valence-electron chi connectivity index (χ3n) is 6.14. The molecule has 0 unspecified atom stereocenters. The number of aryl methyl sites for hydroxylation is 2. The molecule has 0 aromatic heterocycles. The highest BCUT2D eigenvalue weighted by Gasteiger charge is 2.41. The average molecular weight is 379 g/mol. The van der Waals surface area contributed by atoms with Gasteiger partial charge < -0.3 is 5.32 Å². The highest BCUT2D eigenvalue weighted by molar-refractivity contribution is 7.92. The second-order valence-electron chi connectivity index (χ2n) is 8.04. The van der Waals surface area contributed by atoms with Crippen molar-refractivity contribution in [1.82, 2.24) is 5.32 Å². The second-order valence-corrected chi connectivity index (χ2v) is 9.90. The lowest BCUT2D eigenvalue weighted by molar-refractivity contribution is -0.123. The van der Waals surface area contributed by atoms with Gasteiger partial charge in [0, 0.05) is 6.04 Å². The van der Waals surface area contributed by atoms with E-state index in [1.165, 1.54) is 29.8 Å². The Morgan fingerprint density at radius 1 is 1.23 bits per heavy atom. The topological polar surface area (TPSA) is 66.5 Å². The van der Waals surface area contributed by atoms with E-state index in [9.17, 15) is 13.2 Å². The zero-order chi connectivity index (χ0) is 19.1. The van der Waals surface area contributed by atoms with Crippen LogP contribution in [0.5, 0.6) is 0 Å². The number of rotatable bonds is 6. The van der Waals surface area contributed by atoms with E-state index in [0.29, 0.717) is 18.0 Å². The maximum absolute atomic E-state index is 13.0. The maximum Gasteiger partial charge on any atom is 0.244 e. The van der Waals surface area contributed by atoms with E-state index < -0.39 is 16.1 Å². The van der Waals surface area contributed by atoms with Crippen LogP contribution in [0.15, 0.2) is 18.2 Å². The number of hydrogen-bond donors (Lipinski definition) is 1. The molecule has 2 saturated carbocycles. The lowest BCUT2D eigenvalue weighted by atomic mass is 9.95. The molecule has 144 valence electrons. The monoisotopic (exact) mass is 378 g/mol. The van der Waals surface area contributed by atoms with Crippen molar-refractivity contribution >= 4 is 21.6 Å². The minimum atomic E-state index is -3.58. The predicted octanol–water partition coefficient (Wildman–Crippen LogP) is 3.15. The Balaban J connectivity index is 1.85. The molecule has 1 N–H and O–H groups in total. The summed E-state index contributed by atoms with van der Waals surface area (Å²) >= 11 is 0. The number of benzene rings is 1. The molecule has 1 amide bonds. The van der Waals surface area contributed by atoms with Crippen molar-refractivity contribution in [2.75, 3.05) is 10.6 Å². The first-order valence-electron chi connectivity index (χ1n) is 9.57. The van der Waals surface area contributed by atoms with Gasteiger partial charge in [0.25, 0.3) is 0 Å². The molecule has 0 radical (unpaired) electrons. The lowest BCUT2D eigenvalue weighted by Crippen LogP contribution is -2.52. The van der Waals surface area contributed by atoms with Crippen LogP contribution in [-0.2, 0) is 14.8 Å². The van der Waals surface area contributed by atoms with Gasteiger partial charge in [0.15, 0.2) is 0 Å². The second kappa shape index (κ2) is 7.22. The Kier molecular flexibility index (Phi) is 5.33. The van der Waals surface area contributed by atoms with Crippen LogP contribution in [-0.4, -0.2) is 32.7 Å². The molecule has 0 saturated heterocycles. The van der Waals surface area contributed by atoms with Crippen molar-refractivity contribution in [2.24, 2.45) is 11.8 Å². The summed E-state index contributed by atoms with van der Waals surface area (Å²) in [5.74, 6) is 1.12. The summed E-state index contributed by atoms with van der Waals surface area (Å²) in [4.78, 5) is 13.0. The largest absolute Gasteiger partial charge is 0.351 e.